The second kappa shape index (κ2) is 4.23. The molecule has 13 heavy (non-hydrogen) atoms. The molecule has 0 aliphatic carbocycles. The maximum absolute atomic E-state index is 12.3. The van der Waals surface area contributed by atoms with E-state index in [1.807, 2.05) is 0 Å². The highest BCUT2D eigenvalue weighted by atomic mass is 19.3. The quantitative estimate of drug-likeness (QED) is 0.781. The maximum atomic E-state index is 12.3. The van der Waals surface area contributed by atoms with Crippen LogP contribution in [0.25, 0.3) is 0 Å². The zero-order valence-electron chi connectivity index (χ0n) is 6.75. The van der Waals surface area contributed by atoms with Crippen molar-refractivity contribution in [3.8, 4) is 0 Å². The number of nitrogens with zero attached hydrogens (tertiary/aromatic N) is 1. The third-order valence-electron chi connectivity index (χ3n) is 1.56. The van der Waals surface area contributed by atoms with Crippen LogP contribution in [0.15, 0.2) is 18.3 Å². The number of pyridine rings is 1. The average Bonchev–Trinajstić information content (AvgIpc) is 2.08. The van der Waals surface area contributed by atoms with E-state index < -0.39 is 18.3 Å². The van der Waals surface area contributed by atoms with E-state index in [0.717, 1.165) is 6.20 Å². The van der Waals surface area contributed by atoms with Gasteiger partial charge in [0.25, 0.3) is 6.43 Å². The molecule has 5 heteroatoms. The molecule has 0 amide bonds. The van der Waals surface area contributed by atoms with Gasteiger partial charge in [-0.05, 0) is 12.1 Å². The Morgan fingerprint density at radius 3 is 2.54 bits per heavy atom. The molecule has 0 saturated heterocycles. The molecule has 1 rings (SSSR count). The fourth-order valence-corrected chi connectivity index (χ4v) is 0.858. The minimum absolute atomic E-state index is 0.0437. The zero-order valence-corrected chi connectivity index (χ0v) is 6.75. The van der Waals surface area contributed by atoms with Gasteiger partial charge < -0.3 is 5.73 Å². The molecule has 0 spiro atoms. The van der Waals surface area contributed by atoms with Crippen molar-refractivity contribution in [3.63, 3.8) is 0 Å². The molecule has 0 aliphatic heterocycles. The van der Waals surface area contributed by atoms with Crippen molar-refractivity contribution in [2.75, 3.05) is 0 Å². The molecule has 2 nitrogen and oxygen atoms in total. The van der Waals surface area contributed by atoms with Crippen LogP contribution >= 0.6 is 0 Å². The predicted molar refractivity (Wildman–Crippen MR) is 41.9 cm³/mol. The van der Waals surface area contributed by atoms with E-state index in [0.29, 0.717) is 5.69 Å². The molecule has 1 heterocycles. The molecule has 1 atom stereocenters. The Morgan fingerprint density at radius 2 is 2.08 bits per heavy atom. The van der Waals surface area contributed by atoms with Crippen LogP contribution in [0, 0.1) is 5.82 Å². The number of aromatic nitrogens is 1. The lowest BCUT2D eigenvalue weighted by molar-refractivity contribution is 0.115. The smallest absolute Gasteiger partial charge is 0.253 e. The van der Waals surface area contributed by atoms with Crippen LogP contribution < -0.4 is 5.73 Å². The first-order valence-corrected chi connectivity index (χ1v) is 3.74. The normalized spacial score (nSPS) is 13.3. The van der Waals surface area contributed by atoms with Crippen molar-refractivity contribution in [1.82, 2.24) is 4.98 Å². The van der Waals surface area contributed by atoms with E-state index >= 15 is 0 Å². The summed E-state index contributed by atoms with van der Waals surface area (Å²) in [5, 5.41) is 0. The van der Waals surface area contributed by atoms with Crippen LogP contribution in [0.3, 0.4) is 0 Å². The van der Waals surface area contributed by atoms with Crippen LogP contribution in [0.4, 0.5) is 13.2 Å². The molecule has 0 bridgehead atoms. The Kier molecular flexibility index (Phi) is 3.25. The van der Waals surface area contributed by atoms with Gasteiger partial charge >= 0.3 is 0 Å². The van der Waals surface area contributed by atoms with Gasteiger partial charge in [0.15, 0.2) is 0 Å². The number of nitrogens with two attached hydrogens (primary N) is 1. The standard InChI is InChI=1S/C8H9F3N2/c9-5-1-2-6(13-4-5)3-7(12)8(10)11/h1-2,4,7-8H,3,12H2. The number of alkyl halides is 2. The van der Waals surface area contributed by atoms with Gasteiger partial charge in [-0.15, -0.1) is 0 Å². The minimum atomic E-state index is -2.58. The van der Waals surface area contributed by atoms with Crippen LogP contribution in [-0.4, -0.2) is 17.5 Å². The van der Waals surface area contributed by atoms with Gasteiger partial charge in [-0.25, -0.2) is 13.2 Å². The highest BCUT2D eigenvalue weighted by molar-refractivity contribution is 5.06. The Hall–Kier alpha value is -1.10. The number of hydrogen-bond donors (Lipinski definition) is 1. The molecule has 0 fully saturated rings. The highest BCUT2D eigenvalue weighted by Gasteiger charge is 2.15. The topological polar surface area (TPSA) is 38.9 Å². The zero-order chi connectivity index (χ0) is 9.84. The number of rotatable bonds is 3. The minimum Gasteiger partial charge on any atom is -0.323 e. The summed E-state index contributed by atoms with van der Waals surface area (Å²) in [5.41, 5.74) is 5.47. The SMILES string of the molecule is NC(Cc1ccc(F)cn1)C(F)F. The third-order valence-corrected chi connectivity index (χ3v) is 1.56. The first-order chi connectivity index (χ1) is 6.09. The summed E-state index contributed by atoms with van der Waals surface area (Å²) in [7, 11) is 0. The van der Waals surface area contributed by atoms with Gasteiger partial charge in [0, 0.05) is 12.1 Å². The fraction of sp³-hybridized carbons (Fsp3) is 0.375. The van der Waals surface area contributed by atoms with Crippen molar-refractivity contribution in [2.24, 2.45) is 5.73 Å². The van der Waals surface area contributed by atoms with E-state index in [9.17, 15) is 13.2 Å². The Bertz CT molecular complexity index is 261. The van der Waals surface area contributed by atoms with Crippen LogP contribution in [0.2, 0.25) is 0 Å². The number of hydrogen-bond acceptors (Lipinski definition) is 2. The Balaban J connectivity index is 2.59. The molecule has 1 unspecified atom stereocenters. The largest absolute Gasteiger partial charge is 0.323 e. The van der Waals surface area contributed by atoms with Crippen molar-refractivity contribution in [3.05, 3.63) is 29.8 Å². The van der Waals surface area contributed by atoms with E-state index in [1.54, 1.807) is 0 Å². The molecule has 1 aromatic rings. The molecular weight excluding hydrogens is 181 g/mol. The van der Waals surface area contributed by atoms with Gasteiger partial charge in [-0.2, -0.15) is 0 Å². The lowest BCUT2D eigenvalue weighted by atomic mass is 10.1. The summed E-state index contributed by atoms with van der Waals surface area (Å²) in [5.74, 6) is -0.491. The molecule has 72 valence electrons. The highest BCUT2D eigenvalue weighted by Crippen LogP contribution is 2.06. The molecular formula is C8H9F3N2. The second-order valence-electron chi connectivity index (χ2n) is 2.67. The summed E-state index contributed by atoms with van der Waals surface area (Å²) >= 11 is 0. The number of halogens is 3. The molecule has 0 aromatic carbocycles. The molecule has 0 radical (unpaired) electrons. The van der Waals surface area contributed by atoms with E-state index in [4.69, 9.17) is 5.73 Å². The van der Waals surface area contributed by atoms with Gasteiger partial charge in [0.1, 0.15) is 5.82 Å². The summed E-state index contributed by atoms with van der Waals surface area (Å²) in [6.07, 6.45) is -1.64. The van der Waals surface area contributed by atoms with Gasteiger partial charge in [-0.3, -0.25) is 4.98 Å². The van der Waals surface area contributed by atoms with Gasteiger partial charge in [0.05, 0.1) is 12.2 Å². The van der Waals surface area contributed by atoms with Crippen LogP contribution in [-0.2, 0) is 6.42 Å². The first-order valence-electron chi connectivity index (χ1n) is 3.74. The molecule has 0 aliphatic rings. The third kappa shape index (κ3) is 3.02. The second-order valence-corrected chi connectivity index (χ2v) is 2.67. The fourth-order valence-electron chi connectivity index (χ4n) is 0.858. The van der Waals surface area contributed by atoms with Crippen molar-refractivity contribution in [2.45, 2.75) is 18.9 Å². The van der Waals surface area contributed by atoms with Gasteiger partial charge in [0.2, 0.25) is 0 Å². The average molecular weight is 190 g/mol. The summed E-state index contributed by atoms with van der Waals surface area (Å²) in [6, 6.07) is 1.27. The Morgan fingerprint density at radius 1 is 1.38 bits per heavy atom. The lowest BCUT2D eigenvalue weighted by Gasteiger charge is -2.08. The van der Waals surface area contributed by atoms with Crippen LogP contribution in [0.1, 0.15) is 5.69 Å². The molecule has 1 aromatic heterocycles. The van der Waals surface area contributed by atoms with E-state index in [-0.39, 0.29) is 6.42 Å². The van der Waals surface area contributed by atoms with Gasteiger partial charge in [-0.1, -0.05) is 0 Å². The van der Waals surface area contributed by atoms with Crippen LogP contribution in [0.5, 0.6) is 0 Å². The van der Waals surface area contributed by atoms with Crippen molar-refractivity contribution in [1.29, 1.82) is 0 Å². The molecule has 2 N–H and O–H groups in total. The maximum Gasteiger partial charge on any atom is 0.253 e. The predicted octanol–water partition coefficient (Wildman–Crippen LogP) is 1.36. The summed E-state index contributed by atoms with van der Waals surface area (Å²) in [6.45, 7) is 0. The lowest BCUT2D eigenvalue weighted by Crippen LogP contribution is -2.31. The Labute approximate surface area is 73.6 Å². The first kappa shape index (κ1) is 9.98. The van der Waals surface area contributed by atoms with E-state index in [2.05, 4.69) is 4.98 Å². The van der Waals surface area contributed by atoms with Crippen molar-refractivity contribution < 1.29 is 13.2 Å². The monoisotopic (exact) mass is 190 g/mol. The molecule has 0 saturated carbocycles. The van der Waals surface area contributed by atoms with Crippen molar-refractivity contribution >= 4 is 0 Å². The summed E-state index contributed by atoms with van der Waals surface area (Å²) < 4.78 is 36.3. The van der Waals surface area contributed by atoms with E-state index in [1.165, 1.54) is 12.1 Å². The summed E-state index contributed by atoms with van der Waals surface area (Å²) in [4.78, 5) is 3.61.